The second kappa shape index (κ2) is 8.86. The van der Waals surface area contributed by atoms with Gasteiger partial charge in [-0.15, -0.1) is 24.5 Å². The lowest BCUT2D eigenvalue weighted by Crippen LogP contribution is -2.45. The molecule has 1 aliphatic rings. The number of halogens is 3. The fraction of sp³-hybridized carbons (Fsp3) is 0.400. The Hall–Kier alpha value is -2.55. The molecule has 1 aliphatic heterocycles. The van der Waals surface area contributed by atoms with Crippen molar-refractivity contribution in [2.24, 2.45) is 5.92 Å². The van der Waals surface area contributed by atoms with E-state index in [0.717, 1.165) is 6.42 Å². The molecule has 1 aromatic heterocycles. The van der Waals surface area contributed by atoms with Crippen LogP contribution in [0.5, 0.6) is 5.75 Å². The smallest absolute Gasteiger partial charge is 0.406 e. The molecule has 9 heteroatoms. The molecule has 2 aromatic rings. The highest BCUT2D eigenvalue weighted by molar-refractivity contribution is 7.12. The molecule has 0 N–H and O–H groups in total. The lowest BCUT2D eigenvalue weighted by molar-refractivity contribution is -0.274. The second-order valence-corrected chi connectivity index (χ2v) is 7.90. The number of ether oxygens (including phenoxy) is 1. The molecule has 2 amide bonds. The van der Waals surface area contributed by atoms with Gasteiger partial charge >= 0.3 is 6.36 Å². The first kappa shape index (κ1) is 21.2. The van der Waals surface area contributed by atoms with Gasteiger partial charge in [-0.3, -0.25) is 9.59 Å². The number of hydrogen-bond donors (Lipinski definition) is 0. The number of benzene rings is 1. The zero-order valence-electron chi connectivity index (χ0n) is 15.8. The molecular formula is C20H21F3N2O3S. The van der Waals surface area contributed by atoms with Crippen molar-refractivity contribution in [3.63, 3.8) is 0 Å². The molecule has 1 atom stereocenters. The van der Waals surface area contributed by atoms with Crippen molar-refractivity contribution in [1.29, 1.82) is 0 Å². The standard InChI is InChI=1S/C20H21F3N2O3S/c1-24(12-14-6-8-16(9-7-14)28-20(21,22)23)18(26)15-4-2-10-25(13-15)19(27)17-5-3-11-29-17/h3,5-9,11,15H,2,4,10,12-13H2,1H3. The highest BCUT2D eigenvalue weighted by Crippen LogP contribution is 2.24. The van der Waals surface area contributed by atoms with Crippen LogP contribution >= 0.6 is 11.3 Å². The number of carbonyl (C=O) groups is 2. The van der Waals surface area contributed by atoms with Gasteiger partial charge in [0.25, 0.3) is 5.91 Å². The van der Waals surface area contributed by atoms with Gasteiger partial charge in [0.05, 0.1) is 10.8 Å². The molecule has 1 unspecified atom stereocenters. The van der Waals surface area contributed by atoms with E-state index in [4.69, 9.17) is 0 Å². The van der Waals surface area contributed by atoms with E-state index >= 15 is 0 Å². The van der Waals surface area contributed by atoms with E-state index in [2.05, 4.69) is 4.74 Å². The van der Waals surface area contributed by atoms with Gasteiger partial charge in [-0.2, -0.15) is 0 Å². The van der Waals surface area contributed by atoms with E-state index in [1.165, 1.54) is 35.6 Å². The summed E-state index contributed by atoms with van der Waals surface area (Å²) in [4.78, 5) is 29.3. The summed E-state index contributed by atoms with van der Waals surface area (Å²) in [5.74, 6) is -0.722. The van der Waals surface area contributed by atoms with Crippen molar-refractivity contribution < 1.29 is 27.5 Å². The molecule has 1 aromatic carbocycles. The zero-order valence-corrected chi connectivity index (χ0v) is 16.6. The highest BCUT2D eigenvalue weighted by atomic mass is 32.1. The fourth-order valence-corrected chi connectivity index (χ4v) is 4.07. The van der Waals surface area contributed by atoms with Gasteiger partial charge in [0.1, 0.15) is 5.75 Å². The zero-order chi connectivity index (χ0) is 21.0. The van der Waals surface area contributed by atoms with Crippen LogP contribution < -0.4 is 4.74 Å². The summed E-state index contributed by atoms with van der Waals surface area (Å²) in [6.07, 6.45) is -3.28. The van der Waals surface area contributed by atoms with Crippen molar-refractivity contribution in [1.82, 2.24) is 9.80 Å². The summed E-state index contributed by atoms with van der Waals surface area (Å²) >= 11 is 1.38. The van der Waals surface area contributed by atoms with Crippen molar-refractivity contribution in [2.45, 2.75) is 25.7 Å². The van der Waals surface area contributed by atoms with E-state index in [1.54, 1.807) is 22.9 Å². The van der Waals surface area contributed by atoms with Crippen molar-refractivity contribution in [3.8, 4) is 5.75 Å². The normalized spacial score (nSPS) is 17.1. The molecule has 0 radical (unpaired) electrons. The second-order valence-electron chi connectivity index (χ2n) is 6.95. The van der Waals surface area contributed by atoms with Gasteiger partial charge < -0.3 is 14.5 Å². The summed E-state index contributed by atoms with van der Waals surface area (Å²) in [6, 6.07) is 9.04. The molecule has 0 bridgehead atoms. The minimum absolute atomic E-state index is 0.0552. The van der Waals surface area contributed by atoms with E-state index in [-0.39, 0.29) is 30.0 Å². The Bertz CT molecular complexity index is 838. The highest BCUT2D eigenvalue weighted by Gasteiger charge is 2.32. The number of carbonyl (C=O) groups excluding carboxylic acids is 2. The maximum atomic E-state index is 12.8. The number of alkyl halides is 3. The molecule has 0 saturated carbocycles. The molecule has 5 nitrogen and oxygen atoms in total. The van der Waals surface area contributed by atoms with Crippen LogP contribution in [0.2, 0.25) is 0 Å². The molecular weight excluding hydrogens is 405 g/mol. The number of piperidine rings is 1. The average Bonchev–Trinajstić information content (AvgIpc) is 3.22. The van der Waals surface area contributed by atoms with Crippen molar-refractivity contribution in [2.75, 3.05) is 20.1 Å². The molecule has 1 saturated heterocycles. The number of likely N-dealkylation sites (tertiary alicyclic amines) is 1. The van der Waals surface area contributed by atoms with Crippen molar-refractivity contribution in [3.05, 3.63) is 52.2 Å². The van der Waals surface area contributed by atoms with Crippen LogP contribution in [0.3, 0.4) is 0 Å². The van der Waals surface area contributed by atoms with Crippen LogP contribution in [0.1, 0.15) is 28.1 Å². The Labute approximate surface area is 170 Å². The first-order valence-electron chi connectivity index (χ1n) is 9.15. The van der Waals surface area contributed by atoms with Crippen molar-refractivity contribution >= 4 is 23.2 Å². The van der Waals surface area contributed by atoms with Crippen LogP contribution in [-0.4, -0.2) is 48.1 Å². The van der Waals surface area contributed by atoms with E-state index < -0.39 is 6.36 Å². The Morgan fingerprint density at radius 1 is 1.24 bits per heavy atom. The van der Waals surface area contributed by atoms with Crippen LogP contribution in [-0.2, 0) is 11.3 Å². The average molecular weight is 426 g/mol. The summed E-state index contributed by atoms with van der Waals surface area (Å²) in [5.41, 5.74) is 0.692. The van der Waals surface area contributed by atoms with Gasteiger partial charge in [-0.1, -0.05) is 18.2 Å². The summed E-state index contributed by atoms with van der Waals surface area (Å²) in [6.45, 7) is 1.27. The number of rotatable bonds is 5. The van der Waals surface area contributed by atoms with Gasteiger partial charge in [0.15, 0.2) is 0 Å². The van der Waals surface area contributed by atoms with Crippen LogP contribution in [0.15, 0.2) is 41.8 Å². The Balaban J connectivity index is 1.57. The quantitative estimate of drug-likeness (QED) is 0.722. The lowest BCUT2D eigenvalue weighted by atomic mass is 9.96. The fourth-order valence-electron chi connectivity index (χ4n) is 3.38. The first-order valence-corrected chi connectivity index (χ1v) is 10.0. The molecule has 1 fully saturated rings. The maximum absolute atomic E-state index is 12.8. The molecule has 156 valence electrons. The van der Waals surface area contributed by atoms with Gasteiger partial charge in [0.2, 0.25) is 5.91 Å². The lowest BCUT2D eigenvalue weighted by Gasteiger charge is -2.33. The summed E-state index contributed by atoms with van der Waals surface area (Å²) in [7, 11) is 1.66. The molecule has 2 heterocycles. The number of thiophene rings is 1. The summed E-state index contributed by atoms with van der Waals surface area (Å²) in [5, 5.41) is 1.85. The Morgan fingerprint density at radius 3 is 2.59 bits per heavy atom. The van der Waals surface area contributed by atoms with Crippen LogP contribution in [0.25, 0.3) is 0 Å². The third-order valence-corrected chi connectivity index (χ3v) is 5.60. The molecule has 29 heavy (non-hydrogen) atoms. The van der Waals surface area contributed by atoms with E-state index in [1.807, 2.05) is 11.4 Å². The maximum Gasteiger partial charge on any atom is 0.573 e. The number of amides is 2. The van der Waals surface area contributed by atoms with Crippen LogP contribution in [0, 0.1) is 5.92 Å². The third-order valence-electron chi connectivity index (χ3n) is 4.74. The van der Waals surface area contributed by atoms with Gasteiger partial charge in [0, 0.05) is 26.7 Å². The van der Waals surface area contributed by atoms with Gasteiger partial charge in [-0.25, -0.2) is 0 Å². The predicted molar refractivity (Wildman–Crippen MR) is 103 cm³/mol. The van der Waals surface area contributed by atoms with E-state index in [9.17, 15) is 22.8 Å². The Morgan fingerprint density at radius 2 is 1.97 bits per heavy atom. The van der Waals surface area contributed by atoms with Crippen LogP contribution in [0.4, 0.5) is 13.2 Å². The van der Waals surface area contributed by atoms with Gasteiger partial charge in [-0.05, 0) is 42.0 Å². The topological polar surface area (TPSA) is 49.9 Å². The number of nitrogens with zero attached hydrogens (tertiary/aromatic N) is 2. The molecule has 0 spiro atoms. The SMILES string of the molecule is CN(Cc1ccc(OC(F)(F)F)cc1)C(=O)C1CCCN(C(=O)c2cccs2)C1. The number of hydrogen-bond acceptors (Lipinski definition) is 4. The van der Waals surface area contributed by atoms with E-state index in [0.29, 0.717) is 30.0 Å². The summed E-state index contributed by atoms with van der Waals surface area (Å²) < 4.78 is 40.6. The minimum Gasteiger partial charge on any atom is -0.406 e. The Kier molecular flexibility index (Phi) is 6.46. The monoisotopic (exact) mass is 426 g/mol. The predicted octanol–water partition coefficient (Wildman–Crippen LogP) is 4.16. The first-order chi connectivity index (χ1) is 13.7. The third kappa shape index (κ3) is 5.72. The largest absolute Gasteiger partial charge is 0.573 e. The minimum atomic E-state index is -4.73. The molecule has 0 aliphatic carbocycles. The molecule has 3 rings (SSSR count).